The van der Waals surface area contributed by atoms with Crippen LogP contribution in [0.1, 0.15) is 15.9 Å². The predicted molar refractivity (Wildman–Crippen MR) is 122 cm³/mol. The van der Waals surface area contributed by atoms with Crippen molar-refractivity contribution >= 4 is 33.2 Å². The normalized spacial score (nSPS) is 11.2. The average Bonchev–Trinajstić information content (AvgIpc) is 2.78. The molecule has 0 radical (unpaired) electrons. The van der Waals surface area contributed by atoms with Crippen molar-refractivity contribution in [1.82, 2.24) is 4.90 Å². The molecule has 1 amide bonds. The lowest BCUT2D eigenvalue weighted by molar-refractivity contribution is 0.0680. The molecule has 0 bridgehead atoms. The zero-order chi connectivity index (χ0) is 23.1. The lowest BCUT2D eigenvalue weighted by atomic mass is 10.1. The maximum Gasteiger partial charge on any atom is 0.263 e. The summed E-state index contributed by atoms with van der Waals surface area (Å²) in [7, 11) is -2.57. The van der Waals surface area contributed by atoms with E-state index in [1.165, 1.54) is 30.3 Å². The first-order chi connectivity index (χ1) is 15.3. The summed E-state index contributed by atoms with van der Waals surface area (Å²) in [5.74, 6) is -0.853. The summed E-state index contributed by atoms with van der Waals surface area (Å²) in [5.41, 5.74) is 1.27. The van der Waals surface area contributed by atoms with Crippen LogP contribution < -0.4 is 4.72 Å². The number of methoxy groups -OCH3 is 1. The first-order valence-electron chi connectivity index (χ1n) is 9.70. The van der Waals surface area contributed by atoms with Crippen molar-refractivity contribution in [3.63, 3.8) is 0 Å². The third kappa shape index (κ3) is 6.06. The van der Waals surface area contributed by atoms with E-state index in [0.29, 0.717) is 19.7 Å². The second-order valence-corrected chi connectivity index (χ2v) is 9.02. The molecule has 168 valence electrons. The van der Waals surface area contributed by atoms with Crippen molar-refractivity contribution < 1.29 is 22.3 Å². The van der Waals surface area contributed by atoms with Crippen LogP contribution in [0.4, 0.5) is 10.1 Å². The van der Waals surface area contributed by atoms with E-state index in [-0.39, 0.29) is 27.1 Å². The molecule has 0 aliphatic rings. The molecule has 3 rings (SSSR count). The van der Waals surface area contributed by atoms with Gasteiger partial charge in [0.15, 0.2) is 0 Å². The van der Waals surface area contributed by atoms with Gasteiger partial charge in [0.1, 0.15) is 10.7 Å². The van der Waals surface area contributed by atoms with Crippen LogP contribution in [0.2, 0.25) is 5.02 Å². The standard InChI is InChI=1S/C23H22ClFN2O4S/c1-31-14-13-27(16-17-5-3-2-4-6-17)23(28)18-7-12-21(24)22(15-18)32(29,30)26-20-10-8-19(25)9-11-20/h2-12,15,26H,13-14,16H2,1H3. The smallest absolute Gasteiger partial charge is 0.263 e. The lowest BCUT2D eigenvalue weighted by Gasteiger charge is -2.23. The summed E-state index contributed by atoms with van der Waals surface area (Å²) >= 11 is 6.15. The third-order valence-corrected chi connectivity index (χ3v) is 6.50. The van der Waals surface area contributed by atoms with E-state index >= 15 is 0 Å². The number of ether oxygens (including phenoxy) is 1. The number of carbonyl (C=O) groups excluding carboxylic acids is 1. The first kappa shape index (κ1) is 23.7. The number of amides is 1. The predicted octanol–water partition coefficient (Wildman–Crippen LogP) is 4.57. The Labute approximate surface area is 191 Å². The Hall–Kier alpha value is -2.94. The second-order valence-electron chi connectivity index (χ2n) is 6.96. The number of hydrogen-bond acceptors (Lipinski definition) is 4. The van der Waals surface area contributed by atoms with Gasteiger partial charge < -0.3 is 9.64 Å². The number of carbonyl (C=O) groups is 1. The molecule has 0 aromatic heterocycles. The molecule has 0 saturated carbocycles. The highest BCUT2D eigenvalue weighted by atomic mass is 35.5. The van der Waals surface area contributed by atoms with E-state index in [4.69, 9.17) is 16.3 Å². The van der Waals surface area contributed by atoms with Gasteiger partial charge in [0.25, 0.3) is 15.9 Å². The quantitative estimate of drug-likeness (QED) is 0.491. The number of halogens is 2. The van der Waals surface area contributed by atoms with E-state index in [0.717, 1.165) is 17.7 Å². The fourth-order valence-electron chi connectivity index (χ4n) is 3.01. The van der Waals surface area contributed by atoms with Crippen LogP contribution in [0.15, 0.2) is 77.7 Å². The van der Waals surface area contributed by atoms with Crippen molar-refractivity contribution in [2.45, 2.75) is 11.4 Å². The van der Waals surface area contributed by atoms with Crippen LogP contribution in [-0.2, 0) is 21.3 Å². The summed E-state index contributed by atoms with van der Waals surface area (Å²) in [6, 6.07) is 18.4. The molecule has 32 heavy (non-hydrogen) atoms. The Bertz CT molecular complexity index is 1170. The van der Waals surface area contributed by atoms with E-state index in [1.54, 1.807) is 12.0 Å². The second kappa shape index (κ2) is 10.6. The van der Waals surface area contributed by atoms with E-state index in [2.05, 4.69) is 4.72 Å². The maximum atomic E-state index is 13.2. The number of hydrogen-bond donors (Lipinski definition) is 1. The van der Waals surface area contributed by atoms with Gasteiger partial charge in [-0.25, -0.2) is 12.8 Å². The Kier molecular flexibility index (Phi) is 7.84. The fraction of sp³-hybridized carbons (Fsp3) is 0.174. The molecule has 6 nitrogen and oxygen atoms in total. The first-order valence-corrected chi connectivity index (χ1v) is 11.6. The number of sulfonamides is 1. The number of rotatable bonds is 9. The summed E-state index contributed by atoms with van der Waals surface area (Å²) in [6.45, 7) is 0.980. The zero-order valence-electron chi connectivity index (χ0n) is 17.3. The molecule has 0 fully saturated rings. The molecule has 0 aliphatic heterocycles. The highest BCUT2D eigenvalue weighted by molar-refractivity contribution is 7.92. The largest absolute Gasteiger partial charge is 0.383 e. The average molecular weight is 477 g/mol. The molecule has 0 unspecified atom stereocenters. The SMILES string of the molecule is COCCN(Cc1ccccc1)C(=O)c1ccc(Cl)c(S(=O)(=O)Nc2ccc(F)cc2)c1. The molecule has 3 aromatic carbocycles. The summed E-state index contributed by atoms with van der Waals surface area (Å²) in [6.07, 6.45) is 0. The zero-order valence-corrected chi connectivity index (χ0v) is 18.9. The van der Waals surface area contributed by atoms with Gasteiger partial charge in [-0.2, -0.15) is 0 Å². The molecular weight excluding hydrogens is 455 g/mol. The molecule has 1 N–H and O–H groups in total. The van der Waals surface area contributed by atoms with Crippen LogP contribution in [-0.4, -0.2) is 39.5 Å². The molecule has 0 aliphatic carbocycles. The molecular formula is C23H22ClFN2O4S. The van der Waals surface area contributed by atoms with E-state index < -0.39 is 15.8 Å². The number of benzene rings is 3. The number of nitrogens with zero attached hydrogens (tertiary/aromatic N) is 1. The minimum atomic E-state index is -4.11. The minimum absolute atomic E-state index is 0.0392. The van der Waals surface area contributed by atoms with E-state index in [9.17, 15) is 17.6 Å². The Balaban J connectivity index is 1.89. The van der Waals surface area contributed by atoms with Gasteiger partial charge in [0.05, 0.1) is 11.6 Å². The maximum absolute atomic E-state index is 13.2. The Morgan fingerprint density at radius 1 is 1.06 bits per heavy atom. The van der Waals surface area contributed by atoms with Gasteiger partial charge in [0, 0.05) is 31.5 Å². The van der Waals surface area contributed by atoms with Crippen molar-refractivity contribution in [2.75, 3.05) is 25.0 Å². The van der Waals surface area contributed by atoms with Crippen molar-refractivity contribution in [1.29, 1.82) is 0 Å². The van der Waals surface area contributed by atoms with Gasteiger partial charge in [-0.05, 0) is 48.0 Å². The fourth-order valence-corrected chi connectivity index (χ4v) is 4.60. The highest BCUT2D eigenvalue weighted by Gasteiger charge is 2.23. The van der Waals surface area contributed by atoms with Crippen molar-refractivity contribution in [2.24, 2.45) is 0 Å². The topological polar surface area (TPSA) is 75.7 Å². The van der Waals surface area contributed by atoms with Crippen molar-refractivity contribution in [3.8, 4) is 0 Å². The number of anilines is 1. The Morgan fingerprint density at radius 2 is 1.75 bits per heavy atom. The molecule has 3 aromatic rings. The van der Waals surface area contributed by atoms with Crippen LogP contribution in [0.5, 0.6) is 0 Å². The van der Waals surface area contributed by atoms with Gasteiger partial charge in [-0.1, -0.05) is 41.9 Å². The van der Waals surface area contributed by atoms with Crippen LogP contribution in [0, 0.1) is 5.82 Å². The van der Waals surface area contributed by atoms with Gasteiger partial charge >= 0.3 is 0 Å². The molecule has 0 heterocycles. The molecule has 0 saturated heterocycles. The third-order valence-electron chi connectivity index (χ3n) is 4.63. The monoisotopic (exact) mass is 476 g/mol. The molecule has 9 heteroatoms. The summed E-state index contributed by atoms with van der Waals surface area (Å²) in [5, 5.41) is -0.0392. The summed E-state index contributed by atoms with van der Waals surface area (Å²) < 4.78 is 46.3. The lowest BCUT2D eigenvalue weighted by Crippen LogP contribution is -2.33. The van der Waals surface area contributed by atoms with Gasteiger partial charge in [-0.3, -0.25) is 9.52 Å². The number of nitrogens with one attached hydrogen (secondary N) is 1. The van der Waals surface area contributed by atoms with Crippen LogP contribution in [0.3, 0.4) is 0 Å². The van der Waals surface area contributed by atoms with Gasteiger partial charge in [-0.15, -0.1) is 0 Å². The van der Waals surface area contributed by atoms with Crippen LogP contribution in [0.25, 0.3) is 0 Å². The van der Waals surface area contributed by atoms with Crippen LogP contribution >= 0.6 is 11.6 Å². The highest BCUT2D eigenvalue weighted by Crippen LogP contribution is 2.26. The minimum Gasteiger partial charge on any atom is -0.383 e. The Morgan fingerprint density at radius 3 is 2.41 bits per heavy atom. The molecule has 0 spiro atoms. The molecule has 0 atom stereocenters. The van der Waals surface area contributed by atoms with E-state index in [1.807, 2.05) is 30.3 Å². The van der Waals surface area contributed by atoms with Gasteiger partial charge in [0.2, 0.25) is 0 Å². The summed E-state index contributed by atoms with van der Waals surface area (Å²) in [4.78, 5) is 14.5. The van der Waals surface area contributed by atoms with Crippen molar-refractivity contribution in [3.05, 3.63) is 94.8 Å².